The predicted octanol–water partition coefficient (Wildman–Crippen LogP) is 1.69. The molecular formula is C10H21NO2. The quantitative estimate of drug-likeness (QED) is 0.381. The van der Waals surface area contributed by atoms with E-state index in [1.54, 1.807) is 0 Å². The molecule has 0 aliphatic heterocycles. The van der Waals surface area contributed by atoms with Crippen LogP contribution in [0.4, 0.5) is 0 Å². The van der Waals surface area contributed by atoms with E-state index < -0.39 is 0 Å². The first-order chi connectivity index (χ1) is 6.04. The van der Waals surface area contributed by atoms with Gasteiger partial charge in [0.2, 0.25) is 0 Å². The van der Waals surface area contributed by atoms with Crippen LogP contribution in [0.5, 0.6) is 0 Å². The molecule has 0 N–H and O–H groups in total. The van der Waals surface area contributed by atoms with Gasteiger partial charge in [-0.3, -0.25) is 0 Å². The smallest absolute Gasteiger partial charge is 0.330 e. The maximum Gasteiger partial charge on any atom is 0.330 e. The van der Waals surface area contributed by atoms with Crippen molar-refractivity contribution in [3.63, 3.8) is 0 Å². The molecule has 0 aromatic rings. The van der Waals surface area contributed by atoms with Crippen LogP contribution in [0.25, 0.3) is 0 Å². The fourth-order valence-corrected chi connectivity index (χ4v) is 0.376. The summed E-state index contributed by atoms with van der Waals surface area (Å²) in [5, 5.41) is 0. The average molecular weight is 187 g/mol. The van der Waals surface area contributed by atoms with Crippen LogP contribution >= 0.6 is 0 Å². The van der Waals surface area contributed by atoms with Gasteiger partial charge in [-0.25, -0.2) is 4.79 Å². The summed E-state index contributed by atoms with van der Waals surface area (Å²) in [5.74, 6) is -0.330. The third kappa shape index (κ3) is 24.7. The Hall–Kier alpha value is -0.830. The number of carbonyl (C=O) groups is 1. The third-order valence-corrected chi connectivity index (χ3v) is 0.909. The first-order valence-electron chi connectivity index (χ1n) is 4.44. The van der Waals surface area contributed by atoms with E-state index in [1.807, 2.05) is 33.0 Å². The molecule has 0 aliphatic rings. The molecule has 0 rings (SSSR count). The first kappa shape index (κ1) is 14.7. The van der Waals surface area contributed by atoms with Crippen molar-refractivity contribution in [3.8, 4) is 0 Å². The van der Waals surface area contributed by atoms with E-state index in [1.165, 1.54) is 6.08 Å². The van der Waals surface area contributed by atoms with Crippen LogP contribution < -0.4 is 0 Å². The monoisotopic (exact) mass is 187 g/mol. The van der Waals surface area contributed by atoms with Crippen molar-refractivity contribution in [3.05, 3.63) is 12.7 Å². The zero-order chi connectivity index (χ0) is 10.7. The molecule has 0 amide bonds. The molecule has 0 unspecified atom stereocenters. The Balaban J connectivity index is 0. The van der Waals surface area contributed by atoms with Gasteiger partial charge in [-0.05, 0) is 27.6 Å². The number of rotatable bonds is 4. The number of esters is 1. The molecule has 0 radical (unpaired) electrons. The van der Waals surface area contributed by atoms with E-state index >= 15 is 0 Å². The molecule has 3 nitrogen and oxygen atoms in total. The fraction of sp³-hybridized carbons (Fsp3) is 0.700. The lowest BCUT2D eigenvalue weighted by Gasteiger charge is -1.97. The van der Waals surface area contributed by atoms with Crippen LogP contribution in [-0.4, -0.2) is 38.6 Å². The largest absolute Gasteiger partial charge is 0.463 e. The second-order valence-electron chi connectivity index (χ2n) is 3.07. The summed E-state index contributed by atoms with van der Waals surface area (Å²) in [5.41, 5.74) is 0. The Morgan fingerprint density at radius 1 is 1.46 bits per heavy atom. The first-order valence-corrected chi connectivity index (χ1v) is 4.44. The summed E-state index contributed by atoms with van der Waals surface area (Å²) < 4.78 is 4.67. The van der Waals surface area contributed by atoms with Gasteiger partial charge in [-0.15, -0.1) is 0 Å². The van der Waals surface area contributed by atoms with E-state index in [-0.39, 0.29) is 5.97 Å². The number of hydrogen-bond donors (Lipinski definition) is 0. The molecule has 78 valence electrons. The van der Waals surface area contributed by atoms with Crippen LogP contribution in [0.15, 0.2) is 12.7 Å². The van der Waals surface area contributed by atoms with Crippen LogP contribution in [-0.2, 0) is 9.53 Å². The van der Waals surface area contributed by atoms with Gasteiger partial charge in [0.15, 0.2) is 0 Å². The maximum absolute atomic E-state index is 10.3. The minimum Gasteiger partial charge on any atom is -0.463 e. The van der Waals surface area contributed by atoms with Crippen LogP contribution in [0.2, 0.25) is 0 Å². The van der Waals surface area contributed by atoms with Crippen molar-refractivity contribution >= 4 is 5.97 Å². The summed E-state index contributed by atoms with van der Waals surface area (Å²) in [6.45, 7) is 5.82. The lowest BCUT2D eigenvalue weighted by molar-refractivity contribution is -0.137. The van der Waals surface area contributed by atoms with Gasteiger partial charge in [0.05, 0.1) is 6.61 Å². The highest BCUT2D eigenvalue weighted by molar-refractivity contribution is 5.81. The molecule has 0 aliphatic carbocycles. The molecule has 0 fully saturated rings. The molecule has 0 spiro atoms. The molecular weight excluding hydrogens is 166 g/mol. The molecule has 0 bridgehead atoms. The number of nitrogens with zero attached hydrogens (tertiary/aromatic N) is 1. The molecule has 3 heteroatoms. The maximum atomic E-state index is 10.3. The normalized spacial score (nSPS) is 8.69. The van der Waals surface area contributed by atoms with Crippen molar-refractivity contribution in [2.45, 2.75) is 19.8 Å². The van der Waals surface area contributed by atoms with Gasteiger partial charge < -0.3 is 9.64 Å². The SMILES string of the molecule is C=CC(=O)OCCCC.CN(C)C. The van der Waals surface area contributed by atoms with Gasteiger partial charge in [-0.2, -0.15) is 0 Å². The summed E-state index contributed by atoms with van der Waals surface area (Å²) in [6, 6.07) is 0. The molecule has 0 aromatic carbocycles. The summed E-state index contributed by atoms with van der Waals surface area (Å²) in [6.07, 6.45) is 3.15. The third-order valence-electron chi connectivity index (χ3n) is 0.909. The lowest BCUT2D eigenvalue weighted by Crippen LogP contribution is -2.00. The van der Waals surface area contributed by atoms with E-state index in [9.17, 15) is 4.79 Å². The van der Waals surface area contributed by atoms with Crippen molar-refractivity contribution in [2.24, 2.45) is 0 Å². The predicted molar refractivity (Wildman–Crippen MR) is 55.7 cm³/mol. The molecule has 0 heterocycles. The topological polar surface area (TPSA) is 29.5 Å². The zero-order valence-electron chi connectivity index (χ0n) is 9.17. The van der Waals surface area contributed by atoms with Crippen molar-refractivity contribution in [1.82, 2.24) is 4.90 Å². The Morgan fingerprint density at radius 2 is 1.92 bits per heavy atom. The molecule has 0 aromatic heterocycles. The van der Waals surface area contributed by atoms with Gasteiger partial charge >= 0.3 is 5.97 Å². The number of hydrogen-bond acceptors (Lipinski definition) is 3. The lowest BCUT2D eigenvalue weighted by atomic mass is 10.4. The highest BCUT2D eigenvalue weighted by Crippen LogP contribution is 1.88. The molecule has 0 atom stereocenters. The Bertz CT molecular complexity index is 130. The number of unbranched alkanes of at least 4 members (excludes halogenated alkanes) is 1. The highest BCUT2D eigenvalue weighted by Gasteiger charge is 1.91. The van der Waals surface area contributed by atoms with Crippen LogP contribution in [0, 0.1) is 0 Å². The van der Waals surface area contributed by atoms with E-state index in [4.69, 9.17) is 0 Å². The Kier molecular flexibility index (Phi) is 12.6. The molecule has 13 heavy (non-hydrogen) atoms. The average Bonchev–Trinajstić information content (AvgIpc) is 2.03. The highest BCUT2D eigenvalue weighted by atomic mass is 16.5. The van der Waals surface area contributed by atoms with Gasteiger partial charge in [0.1, 0.15) is 0 Å². The van der Waals surface area contributed by atoms with E-state index in [0.29, 0.717) is 6.61 Å². The Morgan fingerprint density at radius 3 is 2.23 bits per heavy atom. The van der Waals surface area contributed by atoms with E-state index in [2.05, 4.69) is 11.3 Å². The fourth-order valence-electron chi connectivity index (χ4n) is 0.376. The summed E-state index contributed by atoms with van der Waals surface area (Å²) in [4.78, 5) is 12.3. The second-order valence-corrected chi connectivity index (χ2v) is 3.07. The zero-order valence-corrected chi connectivity index (χ0v) is 9.17. The van der Waals surface area contributed by atoms with Gasteiger partial charge in [-0.1, -0.05) is 19.9 Å². The Labute approximate surface area is 81.4 Å². The summed E-state index contributed by atoms with van der Waals surface area (Å²) >= 11 is 0. The molecule has 0 saturated carbocycles. The van der Waals surface area contributed by atoms with Gasteiger partial charge in [0, 0.05) is 6.08 Å². The summed E-state index contributed by atoms with van der Waals surface area (Å²) in [7, 11) is 6.00. The van der Waals surface area contributed by atoms with Crippen LogP contribution in [0.3, 0.4) is 0 Å². The minimum absolute atomic E-state index is 0.330. The van der Waals surface area contributed by atoms with Crippen molar-refractivity contribution in [2.75, 3.05) is 27.7 Å². The minimum atomic E-state index is -0.330. The second kappa shape index (κ2) is 11.2. The van der Waals surface area contributed by atoms with Crippen molar-refractivity contribution < 1.29 is 9.53 Å². The van der Waals surface area contributed by atoms with Crippen molar-refractivity contribution in [1.29, 1.82) is 0 Å². The number of ether oxygens (including phenoxy) is 1. The number of carbonyl (C=O) groups excluding carboxylic acids is 1. The van der Waals surface area contributed by atoms with Crippen LogP contribution in [0.1, 0.15) is 19.8 Å². The standard InChI is InChI=1S/C7H12O2.C3H9N/c1-3-5-6-9-7(8)4-2;1-4(2)3/h4H,2-3,5-6H2,1H3;1-3H3. The van der Waals surface area contributed by atoms with Gasteiger partial charge in [0.25, 0.3) is 0 Å². The molecule has 0 saturated heterocycles. The van der Waals surface area contributed by atoms with E-state index in [0.717, 1.165) is 12.8 Å².